The van der Waals surface area contributed by atoms with Gasteiger partial charge >= 0.3 is 0 Å². The van der Waals surface area contributed by atoms with Crippen LogP contribution in [-0.4, -0.2) is 61.0 Å². The molecule has 0 radical (unpaired) electrons. The number of rotatable bonds is 6. The van der Waals surface area contributed by atoms with E-state index in [0.717, 1.165) is 51.9 Å². The highest BCUT2D eigenvalue weighted by atomic mass is 35.5. The van der Waals surface area contributed by atoms with Crippen molar-refractivity contribution >= 4 is 46.5 Å². The van der Waals surface area contributed by atoms with Gasteiger partial charge in [0.25, 0.3) is 5.91 Å². The van der Waals surface area contributed by atoms with Gasteiger partial charge in [0.2, 0.25) is 5.91 Å². The Morgan fingerprint density at radius 2 is 1.88 bits per heavy atom. The summed E-state index contributed by atoms with van der Waals surface area (Å²) in [7, 11) is 2.10. The lowest BCUT2D eigenvalue weighted by molar-refractivity contribution is -0.123. The number of halogens is 2. The number of likely N-dealkylation sites (N-methyl/N-ethyl adjacent to an activating group) is 1. The first-order valence-electron chi connectivity index (χ1n) is 11.8. The minimum Gasteiger partial charge on any atom is -0.355 e. The smallest absolute Gasteiger partial charge is 0.255 e. The third-order valence-corrected chi connectivity index (χ3v) is 6.99. The van der Waals surface area contributed by atoms with Crippen LogP contribution in [0.25, 0.3) is 0 Å². The van der Waals surface area contributed by atoms with Crippen LogP contribution in [0.15, 0.2) is 36.5 Å². The number of carbonyl (C=O) groups excluding carboxylic acids is 2. The molecule has 0 aliphatic carbocycles. The fraction of sp³-hybridized carbons (Fsp3) is 0.480. The van der Waals surface area contributed by atoms with E-state index >= 15 is 0 Å². The van der Waals surface area contributed by atoms with Gasteiger partial charge in [0.05, 0.1) is 10.7 Å². The Labute approximate surface area is 210 Å². The van der Waals surface area contributed by atoms with Crippen LogP contribution in [-0.2, 0) is 4.79 Å². The predicted octanol–water partition coefficient (Wildman–Crippen LogP) is 4.46. The molecule has 1 unspecified atom stereocenters. The maximum atomic E-state index is 12.8. The van der Waals surface area contributed by atoms with Gasteiger partial charge in [0, 0.05) is 48.9 Å². The van der Waals surface area contributed by atoms with Gasteiger partial charge in [-0.05, 0) is 69.5 Å². The van der Waals surface area contributed by atoms with Gasteiger partial charge in [-0.2, -0.15) is 0 Å². The second-order valence-electron chi connectivity index (χ2n) is 9.29. The van der Waals surface area contributed by atoms with Crippen molar-refractivity contribution in [3.8, 4) is 0 Å². The van der Waals surface area contributed by atoms with Crippen LogP contribution in [0.2, 0.25) is 10.0 Å². The van der Waals surface area contributed by atoms with Crippen molar-refractivity contribution < 1.29 is 9.59 Å². The first-order chi connectivity index (χ1) is 16.4. The summed E-state index contributed by atoms with van der Waals surface area (Å²) in [6.07, 6.45) is 6.12. The molecule has 4 rings (SSSR count). The topological polar surface area (TPSA) is 77.6 Å². The number of piperidine rings is 2. The third kappa shape index (κ3) is 6.62. The van der Waals surface area contributed by atoms with Crippen molar-refractivity contribution in [3.63, 3.8) is 0 Å². The first kappa shape index (κ1) is 24.8. The van der Waals surface area contributed by atoms with E-state index in [-0.39, 0.29) is 17.9 Å². The van der Waals surface area contributed by atoms with Crippen molar-refractivity contribution in [2.75, 3.05) is 43.4 Å². The van der Waals surface area contributed by atoms with Gasteiger partial charge in [-0.25, -0.2) is 4.98 Å². The highest BCUT2D eigenvalue weighted by Gasteiger charge is 2.26. The number of anilines is 2. The quantitative estimate of drug-likeness (QED) is 0.608. The Hall–Kier alpha value is -2.35. The minimum atomic E-state index is -0.271. The van der Waals surface area contributed by atoms with Crippen molar-refractivity contribution in [1.29, 1.82) is 0 Å². The molecule has 0 bridgehead atoms. The van der Waals surface area contributed by atoms with E-state index in [1.165, 1.54) is 0 Å². The number of likely N-dealkylation sites (tertiary alicyclic amines) is 1. The van der Waals surface area contributed by atoms with Crippen LogP contribution in [0.1, 0.15) is 42.5 Å². The Morgan fingerprint density at radius 1 is 1.09 bits per heavy atom. The van der Waals surface area contributed by atoms with Crippen LogP contribution >= 0.6 is 23.2 Å². The van der Waals surface area contributed by atoms with Crippen LogP contribution in [0, 0.1) is 5.92 Å². The second-order valence-corrected chi connectivity index (χ2v) is 10.2. The zero-order valence-electron chi connectivity index (χ0n) is 19.4. The van der Waals surface area contributed by atoms with Crippen LogP contribution in [0.5, 0.6) is 0 Å². The summed E-state index contributed by atoms with van der Waals surface area (Å²) in [6.45, 7) is 3.55. The molecule has 1 aromatic heterocycles. The van der Waals surface area contributed by atoms with E-state index in [0.29, 0.717) is 39.5 Å². The molecule has 2 amide bonds. The summed E-state index contributed by atoms with van der Waals surface area (Å²) in [5, 5.41) is 7.10. The Balaban J connectivity index is 1.34. The lowest BCUT2D eigenvalue weighted by Gasteiger charge is -2.34. The van der Waals surface area contributed by atoms with Gasteiger partial charge in [-0.1, -0.05) is 29.3 Å². The minimum absolute atomic E-state index is 0.151. The van der Waals surface area contributed by atoms with Crippen molar-refractivity contribution in [2.45, 2.75) is 38.1 Å². The van der Waals surface area contributed by atoms with Gasteiger partial charge in [0.1, 0.15) is 0 Å². The number of benzene rings is 1. The zero-order chi connectivity index (χ0) is 24.1. The number of aromatic nitrogens is 1. The second kappa shape index (κ2) is 11.4. The van der Waals surface area contributed by atoms with Gasteiger partial charge in [-0.3, -0.25) is 9.59 Å². The van der Waals surface area contributed by atoms with Gasteiger partial charge in [0.15, 0.2) is 5.82 Å². The molecule has 0 saturated carbocycles. The monoisotopic (exact) mass is 503 g/mol. The lowest BCUT2D eigenvalue weighted by Crippen LogP contribution is -2.47. The highest BCUT2D eigenvalue weighted by Crippen LogP contribution is 2.31. The number of carbonyl (C=O) groups is 2. The van der Waals surface area contributed by atoms with E-state index in [4.69, 9.17) is 23.2 Å². The van der Waals surface area contributed by atoms with Gasteiger partial charge in [-0.15, -0.1) is 0 Å². The Morgan fingerprint density at radius 3 is 2.62 bits per heavy atom. The molecule has 2 aromatic rings. The molecule has 9 heteroatoms. The average Bonchev–Trinajstić information content (AvgIpc) is 2.80. The number of hydrogen-bond donors (Lipinski definition) is 2. The van der Waals surface area contributed by atoms with Crippen LogP contribution < -0.4 is 15.5 Å². The predicted molar refractivity (Wildman–Crippen MR) is 137 cm³/mol. The molecule has 34 heavy (non-hydrogen) atoms. The molecule has 3 heterocycles. The summed E-state index contributed by atoms with van der Waals surface area (Å²) in [4.78, 5) is 34.3. The Bertz CT molecular complexity index is 1030. The normalized spacial score (nSPS) is 19.6. The number of nitrogens with zero attached hydrogens (tertiary/aromatic N) is 3. The largest absolute Gasteiger partial charge is 0.355 e. The summed E-state index contributed by atoms with van der Waals surface area (Å²) in [5.41, 5.74) is 1.03. The molecule has 2 N–H and O–H groups in total. The summed E-state index contributed by atoms with van der Waals surface area (Å²) < 4.78 is 0. The fourth-order valence-corrected chi connectivity index (χ4v) is 5.13. The summed E-state index contributed by atoms with van der Waals surface area (Å²) in [6, 6.07) is 8.77. The first-order valence-corrected chi connectivity index (χ1v) is 12.6. The van der Waals surface area contributed by atoms with Crippen LogP contribution in [0.3, 0.4) is 0 Å². The molecule has 2 aliphatic heterocycles. The summed E-state index contributed by atoms with van der Waals surface area (Å²) >= 11 is 12.2. The van der Waals surface area contributed by atoms with Crippen LogP contribution in [0.4, 0.5) is 11.5 Å². The molecule has 1 atom stereocenters. The molecular formula is C25H31Cl2N5O2. The SMILES string of the molecule is CN1CCCC(NC(=O)CC2CCN(c3ncc(Cl)cc3NC(=O)c3cccc(Cl)c3)CC2)C1. The number of amides is 2. The molecule has 2 saturated heterocycles. The number of nitrogens with one attached hydrogen (secondary N) is 2. The third-order valence-electron chi connectivity index (χ3n) is 6.55. The lowest BCUT2D eigenvalue weighted by atomic mass is 9.92. The molecule has 2 fully saturated rings. The molecule has 1 aromatic carbocycles. The highest BCUT2D eigenvalue weighted by molar-refractivity contribution is 6.31. The molecule has 0 spiro atoms. The van der Waals surface area contributed by atoms with E-state index in [1.807, 2.05) is 0 Å². The van der Waals surface area contributed by atoms with E-state index < -0.39 is 0 Å². The number of pyridine rings is 1. The maximum absolute atomic E-state index is 12.8. The average molecular weight is 504 g/mol. The Kier molecular flexibility index (Phi) is 8.29. The molecule has 2 aliphatic rings. The van der Waals surface area contributed by atoms with E-state index in [2.05, 4.69) is 32.5 Å². The number of hydrogen-bond acceptors (Lipinski definition) is 5. The fourth-order valence-electron chi connectivity index (χ4n) is 4.78. The van der Waals surface area contributed by atoms with Crippen molar-refractivity contribution in [3.05, 3.63) is 52.1 Å². The van der Waals surface area contributed by atoms with E-state index in [9.17, 15) is 9.59 Å². The zero-order valence-corrected chi connectivity index (χ0v) is 20.9. The van der Waals surface area contributed by atoms with Gasteiger partial charge < -0.3 is 20.4 Å². The van der Waals surface area contributed by atoms with Crippen molar-refractivity contribution in [2.24, 2.45) is 5.92 Å². The standard InChI is InChI=1S/C25H31Cl2N5O2/c1-31-9-3-6-21(16-31)29-23(33)12-17-7-10-32(11-8-17)24-22(14-20(27)15-28-24)30-25(34)18-4-2-5-19(26)13-18/h2,4-5,13-15,17,21H,3,6-12,16H2,1H3,(H,29,33)(H,30,34). The molecule has 7 nitrogen and oxygen atoms in total. The molecular weight excluding hydrogens is 473 g/mol. The summed E-state index contributed by atoms with van der Waals surface area (Å²) in [5.74, 6) is 0.910. The van der Waals surface area contributed by atoms with E-state index in [1.54, 1.807) is 36.5 Å². The maximum Gasteiger partial charge on any atom is 0.255 e. The van der Waals surface area contributed by atoms with Crippen molar-refractivity contribution in [1.82, 2.24) is 15.2 Å². The molecule has 182 valence electrons.